The molecule has 0 radical (unpaired) electrons. The van der Waals surface area contributed by atoms with Gasteiger partial charge in [-0.3, -0.25) is 0 Å². The van der Waals surface area contributed by atoms with Crippen LogP contribution in [-0.2, 0) is 14.2 Å². The lowest BCUT2D eigenvalue weighted by molar-refractivity contribution is -0.306. The normalized spacial score (nSPS) is 26.4. The third-order valence-corrected chi connectivity index (χ3v) is 8.89. The third kappa shape index (κ3) is 5.47. The van der Waals surface area contributed by atoms with E-state index in [1.807, 2.05) is 30.3 Å². The number of aliphatic hydroxyl groups is 1. The van der Waals surface area contributed by atoms with Crippen LogP contribution < -0.4 is 0 Å². The van der Waals surface area contributed by atoms with Gasteiger partial charge in [0.1, 0.15) is 52.1 Å². The highest BCUT2D eigenvalue weighted by Crippen LogP contribution is 2.44. The topological polar surface area (TPSA) is 78.6 Å². The number of aromatic nitrogens is 3. The maximum atomic E-state index is 14.1. The summed E-state index contributed by atoms with van der Waals surface area (Å²) in [6.07, 6.45) is -1.64. The van der Waals surface area contributed by atoms with Gasteiger partial charge in [-0.15, -0.1) is 5.10 Å². The van der Waals surface area contributed by atoms with Gasteiger partial charge in [0.05, 0.1) is 22.8 Å². The summed E-state index contributed by atoms with van der Waals surface area (Å²) in [5, 5.41) is 20.1. The van der Waals surface area contributed by atoms with Gasteiger partial charge in [0, 0.05) is 16.0 Å². The summed E-state index contributed by atoms with van der Waals surface area (Å²) in [5.41, 5.74) is 0.348. The summed E-state index contributed by atoms with van der Waals surface area (Å²) >= 11 is 19.2. The van der Waals surface area contributed by atoms with E-state index in [0.29, 0.717) is 10.0 Å². The molecule has 6 atom stereocenters. The van der Waals surface area contributed by atoms with E-state index in [-0.39, 0.29) is 17.9 Å². The lowest BCUT2D eigenvalue weighted by Gasteiger charge is -2.47. The molecule has 2 fully saturated rings. The van der Waals surface area contributed by atoms with Gasteiger partial charge in [-0.2, -0.15) is 0 Å². The number of hydrogen-bond donors (Lipinski definition) is 1. The lowest BCUT2D eigenvalue weighted by atomic mass is 9.96. The van der Waals surface area contributed by atoms with Crippen molar-refractivity contribution in [3.05, 3.63) is 99.1 Å². The summed E-state index contributed by atoms with van der Waals surface area (Å²) in [4.78, 5) is 0.724. The van der Waals surface area contributed by atoms with E-state index in [2.05, 4.69) is 10.3 Å². The second-order valence-corrected chi connectivity index (χ2v) is 11.6. The first-order chi connectivity index (χ1) is 19.3. The van der Waals surface area contributed by atoms with Gasteiger partial charge in [-0.1, -0.05) is 82.1 Å². The molecular formula is C27H20Cl3F2N3O4S. The lowest BCUT2D eigenvalue weighted by Crippen LogP contribution is -2.58. The smallest absolute Gasteiger partial charge is 0.184 e. The number of aliphatic hydroxyl groups excluding tert-OH is 1. The zero-order chi connectivity index (χ0) is 28.0. The van der Waals surface area contributed by atoms with E-state index in [0.717, 1.165) is 22.6 Å². The molecule has 0 amide bonds. The minimum atomic E-state index is -1.15. The Balaban J connectivity index is 1.34. The SMILES string of the molecule is OC1C(n2cc(-c3cc(F)c(Cl)c(F)c3)nn2)[C@H]2OC(c3ccccc3)OCC2O[C@@H]1Sc1ccc(Cl)c(Cl)c1. The van der Waals surface area contributed by atoms with Gasteiger partial charge in [0.2, 0.25) is 0 Å². The monoisotopic (exact) mass is 625 g/mol. The molecule has 0 bridgehead atoms. The first kappa shape index (κ1) is 27.9. The molecule has 3 aromatic carbocycles. The van der Waals surface area contributed by atoms with Gasteiger partial charge in [0.15, 0.2) is 6.29 Å². The molecule has 4 aromatic rings. The first-order valence-electron chi connectivity index (χ1n) is 12.1. The minimum Gasteiger partial charge on any atom is -0.387 e. The van der Waals surface area contributed by atoms with Crippen molar-refractivity contribution >= 4 is 46.6 Å². The minimum absolute atomic E-state index is 0.139. The van der Waals surface area contributed by atoms with E-state index in [4.69, 9.17) is 49.0 Å². The highest BCUT2D eigenvalue weighted by atomic mass is 35.5. The Labute approximate surface area is 246 Å². The van der Waals surface area contributed by atoms with Crippen LogP contribution in [0.2, 0.25) is 15.1 Å². The van der Waals surface area contributed by atoms with E-state index < -0.39 is 52.7 Å². The molecule has 0 saturated carbocycles. The highest BCUT2D eigenvalue weighted by molar-refractivity contribution is 7.99. The maximum Gasteiger partial charge on any atom is 0.184 e. The molecule has 0 spiro atoms. The van der Waals surface area contributed by atoms with Crippen LogP contribution in [-0.4, -0.2) is 50.5 Å². The number of ether oxygens (including phenoxy) is 3. The fourth-order valence-corrected chi connectivity index (χ4v) is 6.28. The fourth-order valence-electron chi connectivity index (χ4n) is 4.70. The molecular weight excluding hydrogens is 607 g/mol. The predicted octanol–water partition coefficient (Wildman–Crippen LogP) is 6.72. The second-order valence-electron chi connectivity index (χ2n) is 9.23. The third-order valence-electron chi connectivity index (χ3n) is 6.64. The average Bonchev–Trinajstić information content (AvgIpc) is 3.44. The Morgan fingerprint density at radius 3 is 2.42 bits per heavy atom. The fraction of sp³-hybridized carbons (Fsp3) is 0.259. The summed E-state index contributed by atoms with van der Waals surface area (Å²) in [6.45, 7) is 0.182. The van der Waals surface area contributed by atoms with Crippen LogP contribution >= 0.6 is 46.6 Å². The molecule has 2 aliphatic heterocycles. The molecule has 0 aliphatic carbocycles. The van der Waals surface area contributed by atoms with Crippen LogP contribution in [0.3, 0.4) is 0 Å². The number of thioether (sulfide) groups is 1. The van der Waals surface area contributed by atoms with Gasteiger partial charge >= 0.3 is 0 Å². The molecule has 3 heterocycles. The van der Waals surface area contributed by atoms with Crippen LogP contribution in [0.15, 0.2) is 71.8 Å². The van der Waals surface area contributed by atoms with E-state index in [9.17, 15) is 13.9 Å². The van der Waals surface area contributed by atoms with Gasteiger partial charge < -0.3 is 19.3 Å². The van der Waals surface area contributed by atoms with Crippen LogP contribution in [0.5, 0.6) is 0 Å². The van der Waals surface area contributed by atoms with E-state index >= 15 is 0 Å². The van der Waals surface area contributed by atoms with Crippen LogP contribution in [0.1, 0.15) is 17.9 Å². The van der Waals surface area contributed by atoms with Crippen LogP contribution in [0.4, 0.5) is 8.78 Å². The van der Waals surface area contributed by atoms with Crippen molar-refractivity contribution in [3.63, 3.8) is 0 Å². The Bertz CT molecular complexity index is 1510. The van der Waals surface area contributed by atoms with Crippen molar-refractivity contribution in [2.24, 2.45) is 0 Å². The van der Waals surface area contributed by atoms with Crippen molar-refractivity contribution in [1.82, 2.24) is 15.0 Å². The Hall–Kier alpha value is -2.28. The molecule has 208 valence electrons. The second kappa shape index (κ2) is 11.5. The summed E-state index contributed by atoms with van der Waals surface area (Å²) in [7, 11) is 0. The molecule has 7 nitrogen and oxygen atoms in total. The van der Waals surface area contributed by atoms with Gasteiger partial charge in [-0.05, 0) is 30.3 Å². The van der Waals surface area contributed by atoms with Gasteiger partial charge in [0.25, 0.3) is 0 Å². The predicted molar refractivity (Wildman–Crippen MR) is 146 cm³/mol. The number of nitrogens with zero attached hydrogens (tertiary/aromatic N) is 3. The van der Waals surface area contributed by atoms with Crippen LogP contribution in [0.25, 0.3) is 11.3 Å². The molecule has 2 aliphatic rings. The Morgan fingerprint density at radius 1 is 0.950 bits per heavy atom. The zero-order valence-corrected chi connectivity index (χ0v) is 23.4. The van der Waals surface area contributed by atoms with Crippen LogP contribution in [0, 0.1) is 11.6 Å². The van der Waals surface area contributed by atoms with Gasteiger partial charge in [-0.25, -0.2) is 13.5 Å². The molecule has 6 rings (SSSR count). The van der Waals surface area contributed by atoms with Crippen molar-refractivity contribution in [1.29, 1.82) is 0 Å². The largest absolute Gasteiger partial charge is 0.387 e. The quantitative estimate of drug-likeness (QED) is 0.247. The number of hydrogen-bond acceptors (Lipinski definition) is 7. The molecule has 1 aromatic heterocycles. The Morgan fingerprint density at radius 2 is 1.70 bits per heavy atom. The van der Waals surface area contributed by atoms with Crippen molar-refractivity contribution in [2.45, 2.75) is 41.0 Å². The number of benzene rings is 3. The van der Waals surface area contributed by atoms with Crippen molar-refractivity contribution in [3.8, 4) is 11.3 Å². The molecule has 4 unspecified atom stereocenters. The van der Waals surface area contributed by atoms with Crippen molar-refractivity contribution < 1.29 is 28.1 Å². The number of halogens is 5. The average molecular weight is 627 g/mol. The van der Waals surface area contributed by atoms with E-state index in [1.54, 1.807) is 18.2 Å². The molecule has 13 heteroatoms. The highest BCUT2D eigenvalue weighted by Gasteiger charge is 2.51. The number of rotatable bonds is 5. The van der Waals surface area contributed by atoms with E-state index in [1.165, 1.54) is 22.6 Å². The Kier molecular flexibility index (Phi) is 8.04. The summed E-state index contributed by atoms with van der Waals surface area (Å²) < 4.78 is 48.3. The molecule has 2 saturated heterocycles. The first-order valence-corrected chi connectivity index (χ1v) is 14.1. The zero-order valence-electron chi connectivity index (χ0n) is 20.3. The summed E-state index contributed by atoms with van der Waals surface area (Å²) in [5.74, 6) is -1.84. The standard InChI is InChI=1S/C27H20Cl3F2N3O4S/c28-16-7-6-15(10-17(16)29)40-27-24(36)23(25-21(38-27)12-37-26(39-25)13-4-2-1-3-5-13)35-11-20(33-34-35)14-8-18(31)22(30)19(32)9-14/h1-11,21,23-27,36H,12H2/t21?,23?,24?,25-,26?,27+/m0/s1. The maximum absolute atomic E-state index is 14.1. The molecule has 1 N–H and O–H groups in total. The van der Waals surface area contributed by atoms with Crippen molar-refractivity contribution in [2.75, 3.05) is 6.61 Å². The summed E-state index contributed by atoms with van der Waals surface area (Å²) in [6, 6.07) is 15.8. The molecule has 40 heavy (non-hydrogen) atoms. The number of fused-ring (bicyclic) bond motifs is 1.